The highest BCUT2D eigenvalue weighted by Gasteiger charge is 2.25. The van der Waals surface area contributed by atoms with Gasteiger partial charge in [-0.2, -0.15) is 0 Å². The molecule has 0 saturated carbocycles. The summed E-state index contributed by atoms with van der Waals surface area (Å²) in [5, 5.41) is 3.04. The van der Waals surface area contributed by atoms with Crippen LogP contribution in [-0.2, 0) is 0 Å². The summed E-state index contributed by atoms with van der Waals surface area (Å²) in [6, 6.07) is 5.94. The van der Waals surface area contributed by atoms with E-state index in [1.807, 2.05) is 30.0 Å². The maximum absolute atomic E-state index is 12.5. The second-order valence-corrected chi connectivity index (χ2v) is 7.80. The summed E-state index contributed by atoms with van der Waals surface area (Å²) in [7, 11) is 0. The van der Waals surface area contributed by atoms with Crippen LogP contribution < -0.4 is 5.32 Å². The number of rotatable bonds is 1. The lowest BCUT2D eigenvalue weighted by atomic mass is 10.1. The molecule has 4 nitrogen and oxygen atoms in total. The molecule has 0 aromatic heterocycles. The molecule has 0 aliphatic carbocycles. The minimum absolute atomic E-state index is 0.00282. The zero-order valence-electron chi connectivity index (χ0n) is 13.9. The average molecular weight is 368 g/mol. The first-order valence-electron chi connectivity index (χ1n) is 7.84. The normalized spacial score (nSPS) is 17.2. The lowest BCUT2D eigenvalue weighted by Crippen LogP contribution is -2.44. The third-order valence-corrected chi connectivity index (χ3v) is 4.67. The van der Waals surface area contributed by atoms with Gasteiger partial charge in [-0.15, -0.1) is 0 Å². The molecule has 1 N–H and O–H groups in total. The number of nitrogens with zero attached hydrogens (tertiary/aromatic N) is 2. The number of halogens is 1. The van der Waals surface area contributed by atoms with Crippen LogP contribution >= 0.6 is 15.9 Å². The van der Waals surface area contributed by atoms with Crippen molar-refractivity contribution in [3.63, 3.8) is 0 Å². The molecular weight excluding hydrogens is 342 g/mol. The van der Waals surface area contributed by atoms with Crippen LogP contribution in [0.3, 0.4) is 0 Å². The zero-order valence-corrected chi connectivity index (χ0v) is 15.5. The van der Waals surface area contributed by atoms with E-state index in [2.05, 4.69) is 46.9 Å². The molecule has 1 saturated heterocycles. The fraction of sp³-hybridized carbons (Fsp3) is 0.588. The highest BCUT2D eigenvalue weighted by atomic mass is 79.9. The van der Waals surface area contributed by atoms with E-state index in [1.165, 1.54) is 0 Å². The van der Waals surface area contributed by atoms with Crippen LogP contribution in [-0.4, -0.2) is 47.5 Å². The Kier molecular flexibility index (Phi) is 5.50. The van der Waals surface area contributed by atoms with Crippen LogP contribution in [0.2, 0.25) is 0 Å². The fourth-order valence-electron chi connectivity index (χ4n) is 2.71. The van der Waals surface area contributed by atoms with Crippen LogP contribution in [0.25, 0.3) is 0 Å². The first-order chi connectivity index (χ1) is 10.3. The highest BCUT2D eigenvalue weighted by Crippen LogP contribution is 2.21. The summed E-state index contributed by atoms with van der Waals surface area (Å²) in [6.45, 7) is 12.2. The smallest absolute Gasteiger partial charge is 0.321 e. The number of carbonyl (C=O) groups excluding carboxylic acids is 1. The minimum Gasteiger partial charge on any atom is -0.323 e. The summed E-state index contributed by atoms with van der Waals surface area (Å²) in [5.74, 6) is 0. The molecule has 122 valence electrons. The third kappa shape index (κ3) is 4.46. The van der Waals surface area contributed by atoms with Crippen molar-refractivity contribution in [2.75, 3.05) is 31.5 Å². The number of benzene rings is 1. The topological polar surface area (TPSA) is 35.6 Å². The monoisotopic (exact) mass is 367 g/mol. The van der Waals surface area contributed by atoms with E-state index < -0.39 is 0 Å². The number of aryl methyl sites for hydroxylation is 1. The first kappa shape index (κ1) is 17.3. The van der Waals surface area contributed by atoms with E-state index in [0.29, 0.717) is 0 Å². The van der Waals surface area contributed by atoms with Crippen molar-refractivity contribution < 1.29 is 4.79 Å². The quantitative estimate of drug-likeness (QED) is 0.810. The molecule has 1 heterocycles. The summed E-state index contributed by atoms with van der Waals surface area (Å²) in [6.07, 6.45) is 1.02. The van der Waals surface area contributed by atoms with Gasteiger partial charge in [0.05, 0.1) is 0 Å². The Morgan fingerprint density at radius 2 is 1.91 bits per heavy atom. The zero-order chi connectivity index (χ0) is 16.3. The van der Waals surface area contributed by atoms with E-state index in [1.54, 1.807) is 0 Å². The number of hydrogen-bond acceptors (Lipinski definition) is 2. The molecule has 1 fully saturated rings. The van der Waals surface area contributed by atoms with E-state index in [0.717, 1.165) is 48.3 Å². The molecule has 5 heteroatoms. The van der Waals surface area contributed by atoms with Gasteiger partial charge >= 0.3 is 6.03 Å². The summed E-state index contributed by atoms with van der Waals surface area (Å²) in [4.78, 5) is 16.9. The van der Waals surface area contributed by atoms with Crippen LogP contribution in [0.5, 0.6) is 0 Å². The maximum atomic E-state index is 12.5. The van der Waals surface area contributed by atoms with Gasteiger partial charge in [-0.1, -0.05) is 22.0 Å². The molecular formula is C17H26BrN3O. The fourth-order valence-corrected chi connectivity index (χ4v) is 3.08. The molecule has 22 heavy (non-hydrogen) atoms. The standard InChI is InChI=1S/C17H26BrN3O/c1-13-6-7-14(18)12-15(13)19-16(22)20-8-5-9-21(11-10-20)17(2,3)4/h6-7,12H,5,8-11H2,1-4H3,(H,19,22). The van der Waals surface area contributed by atoms with Crippen LogP contribution in [0, 0.1) is 6.92 Å². The summed E-state index contributed by atoms with van der Waals surface area (Å²) < 4.78 is 0.975. The number of anilines is 1. The highest BCUT2D eigenvalue weighted by molar-refractivity contribution is 9.10. The number of carbonyl (C=O) groups is 1. The number of urea groups is 1. The van der Waals surface area contributed by atoms with Gasteiger partial charge in [0.15, 0.2) is 0 Å². The van der Waals surface area contributed by atoms with Crippen molar-refractivity contribution in [3.8, 4) is 0 Å². The average Bonchev–Trinajstić information content (AvgIpc) is 2.68. The molecule has 0 radical (unpaired) electrons. The largest absolute Gasteiger partial charge is 0.323 e. The number of hydrogen-bond donors (Lipinski definition) is 1. The van der Waals surface area contributed by atoms with Crippen molar-refractivity contribution in [2.24, 2.45) is 0 Å². The maximum Gasteiger partial charge on any atom is 0.321 e. The molecule has 0 spiro atoms. The van der Waals surface area contributed by atoms with Gasteiger partial charge in [-0.3, -0.25) is 4.90 Å². The number of amides is 2. The molecule has 2 amide bonds. The third-order valence-electron chi connectivity index (χ3n) is 4.17. The minimum atomic E-state index is -0.00282. The Balaban J connectivity index is 2.00. The van der Waals surface area contributed by atoms with Crippen molar-refractivity contribution in [2.45, 2.75) is 39.7 Å². The van der Waals surface area contributed by atoms with E-state index in [4.69, 9.17) is 0 Å². The van der Waals surface area contributed by atoms with Gasteiger partial charge in [0.25, 0.3) is 0 Å². The Bertz CT molecular complexity index is 539. The predicted octanol–water partition coefficient (Wildman–Crippen LogP) is 4.10. The van der Waals surface area contributed by atoms with Crippen LogP contribution in [0.15, 0.2) is 22.7 Å². The molecule has 0 unspecified atom stereocenters. The molecule has 1 aliphatic heterocycles. The molecule has 0 bridgehead atoms. The molecule has 1 aromatic rings. The van der Waals surface area contributed by atoms with Crippen molar-refractivity contribution in [3.05, 3.63) is 28.2 Å². The van der Waals surface area contributed by atoms with E-state index in [-0.39, 0.29) is 11.6 Å². The molecule has 2 rings (SSSR count). The Labute approximate surface area is 142 Å². The first-order valence-corrected chi connectivity index (χ1v) is 8.64. The van der Waals surface area contributed by atoms with Crippen molar-refractivity contribution in [1.82, 2.24) is 9.80 Å². The molecule has 0 atom stereocenters. The second-order valence-electron chi connectivity index (χ2n) is 6.89. The van der Waals surface area contributed by atoms with Gasteiger partial charge in [0, 0.05) is 41.9 Å². The van der Waals surface area contributed by atoms with Gasteiger partial charge < -0.3 is 10.2 Å². The summed E-state index contributed by atoms with van der Waals surface area (Å²) in [5.41, 5.74) is 2.10. The van der Waals surface area contributed by atoms with Gasteiger partial charge in [-0.25, -0.2) is 4.79 Å². The SMILES string of the molecule is Cc1ccc(Br)cc1NC(=O)N1CCCN(C(C)(C)C)CC1. The molecule has 1 aromatic carbocycles. The van der Waals surface area contributed by atoms with Crippen LogP contribution in [0.4, 0.5) is 10.5 Å². The van der Waals surface area contributed by atoms with Crippen molar-refractivity contribution in [1.29, 1.82) is 0 Å². The Hall–Kier alpha value is -1.07. The van der Waals surface area contributed by atoms with E-state index in [9.17, 15) is 4.79 Å². The lowest BCUT2D eigenvalue weighted by Gasteiger charge is -2.34. The van der Waals surface area contributed by atoms with Crippen LogP contribution in [0.1, 0.15) is 32.8 Å². The molecule has 1 aliphatic rings. The van der Waals surface area contributed by atoms with E-state index >= 15 is 0 Å². The summed E-state index contributed by atoms with van der Waals surface area (Å²) >= 11 is 3.45. The Morgan fingerprint density at radius 3 is 2.59 bits per heavy atom. The predicted molar refractivity (Wildman–Crippen MR) is 95.4 cm³/mol. The van der Waals surface area contributed by atoms with Gasteiger partial charge in [0.1, 0.15) is 0 Å². The van der Waals surface area contributed by atoms with Gasteiger partial charge in [-0.05, 0) is 51.8 Å². The van der Waals surface area contributed by atoms with Crippen molar-refractivity contribution >= 4 is 27.6 Å². The number of nitrogens with one attached hydrogen (secondary N) is 1. The lowest BCUT2D eigenvalue weighted by molar-refractivity contribution is 0.142. The van der Waals surface area contributed by atoms with Gasteiger partial charge in [0.2, 0.25) is 0 Å². The Morgan fingerprint density at radius 1 is 1.18 bits per heavy atom. The second kappa shape index (κ2) is 7.01.